The Kier molecular flexibility index (Phi) is 5.70. The molecule has 0 spiro atoms. The quantitative estimate of drug-likeness (QED) is 0.835. The second kappa shape index (κ2) is 8.40. The largest absolute Gasteiger partial charge is 0.419 e. The van der Waals surface area contributed by atoms with E-state index in [1.54, 1.807) is 11.1 Å². The first-order valence-corrected chi connectivity index (χ1v) is 9.70. The Morgan fingerprint density at radius 3 is 2.45 bits per heavy atom. The van der Waals surface area contributed by atoms with Gasteiger partial charge in [-0.05, 0) is 31.0 Å². The Balaban J connectivity index is 1.37. The maximum atomic E-state index is 13.3. The molecule has 4 heterocycles. The number of nitrogens with one attached hydrogen (secondary N) is 1. The molecule has 0 aromatic carbocycles. The van der Waals surface area contributed by atoms with Crippen LogP contribution >= 0.6 is 0 Å². The van der Waals surface area contributed by atoms with Crippen LogP contribution < -0.4 is 15.1 Å². The fourth-order valence-corrected chi connectivity index (χ4v) is 3.66. The fourth-order valence-electron chi connectivity index (χ4n) is 3.66. The Bertz CT molecular complexity index is 820. The van der Waals surface area contributed by atoms with Gasteiger partial charge in [0.25, 0.3) is 0 Å². The normalized spacial score (nSPS) is 18.7. The Morgan fingerprint density at radius 2 is 1.72 bits per heavy atom. The summed E-state index contributed by atoms with van der Waals surface area (Å²) in [5.41, 5.74) is -0.683. The molecule has 29 heavy (non-hydrogen) atoms. The molecule has 2 saturated heterocycles. The molecule has 0 radical (unpaired) electrons. The minimum Gasteiger partial charge on any atom is -0.378 e. The molecule has 4 rings (SSSR count). The molecule has 0 bridgehead atoms. The highest BCUT2D eigenvalue weighted by molar-refractivity contribution is 5.49. The molecule has 2 aliphatic rings. The molecule has 7 nitrogen and oxygen atoms in total. The van der Waals surface area contributed by atoms with E-state index >= 15 is 0 Å². The highest BCUT2D eigenvalue weighted by Crippen LogP contribution is 2.36. The SMILES string of the molecule is FC(F)(F)c1cccnc1N1CCC(Nc2ccnc(N3CCOCC3)n2)CC1. The molecule has 156 valence electrons. The summed E-state index contributed by atoms with van der Waals surface area (Å²) in [5.74, 6) is 1.41. The second-order valence-corrected chi connectivity index (χ2v) is 7.12. The number of aromatic nitrogens is 3. The molecule has 2 aromatic rings. The van der Waals surface area contributed by atoms with Crippen LogP contribution in [0.5, 0.6) is 0 Å². The predicted octanol–water partition coefficient (Wildman–Crippen LogP) is 2.81. The summed E-state index contributed by atoms with van der Waals surface area (Å²) in [6, 6.07) is 4.36. The van der Waals surface area contributed by atoms with Gasteiger partial charge in [0, 0.05) is 44.6 Å². The van der Waals surface area contributed by atoms with E-state index in [1.165, 1.54) is 12.3 Å². The van der Waals surface area contributed by atoms with Crippen molar-refractivity contribution >= 4 is 17.6 Å². The number of morpholine rings is 1. The van der Waals surface area contributed by atoms with Gasteiger partial charge in [-0.2, -0.15) is 18.2 Å². The number of rotatable bonds is 4. The molecular formula is C19H23F3N6O. The maximum Gasteiger partial charge on any atom is 0.419 e. The summed E-state index contributed by atoms with van der Waals surface area (Å²) in [6.45, 7) is 3.83. The molecule has 2 aromatic heterocycles. The van der Waals surface area contributed by atoms with E-state index in [2.05, 4.69) is 25.2 Å². The van der Waals surface area contributed by atoms with Crippen molar-refractivity contribution in [3.63, 3.8) is 0 Å². The number of pyridine rings is 1. The van der Waals surface area contributed by atoms with Gasteiger partial charge in [-0.25, -0.2) is 9.97 Å². The molecule has 0 aliphatic carbocycles. The van der Waals surface area contributed by atoms with Gasteiger partial charge in [0.15, 0.2) is 0 Å². The van der Waals surface area contributed by atoms with Crippen LogP contribution in [0.4, 0.5) is 30.8 Å². The van der Waals surface area contributed by atoms with E-state index in [1.807, 2.05) is 6.07 Å². The van der Waals surface area contributed by atoms with Crippen molar-refractivity contribution in [3.05, 3.63) is 36.2 Å². The monoisotopic (exact) mass is 408 g/mol. The summed E-state index contributed by atoms with van der Waals surface area (Å²) >= 11 is 0. The van der Waals surface area contributed by atoms with Crippen molar-refractivity contribution in [1.29, 1.82) is 0 Å². The summed E-state index contributed by atoms with van der Waals surface area (Å²) in [4.78, 5) is 16.7. The van der Waals surface area contributed by atoms with Crippen LogP contribution in [-0.2, 0) is 10.9 Å². The summed E-state index contributed by atoms with van der Waals surface area (Å²) in [6.07, 6.45) is 0.118. The van der Waals surface area contributed by atoms with Gasteiger partial charge in [0.1, 0.15) is 11.6 Å². The van der Waals surface area contributed by atoms with Gasteiger partial charge in [-0.15, -0.1) is 0 Å². The van der Waals surface area contributed by atoms with Crippen LogP contribution in [0.3, 0.4) is 0 Å². The average molecular weight is 408 g/mol. The van der Waals surface area contributed by atoms with Crippen LogP contribution in [0.2, 0.25) is 0 Å². The highest BCUT2D eigenvalue weighted by Gasteiger charge is 2.36. The van der Waals surface area contributed by atoms with Crippen molar-refractivity contribution in [3.8, 4) is 0 Å². The van der Waals surface area contributed by atoms with Crippen LogP contribution in [0.15, 0.2) is 30.6 Å². The summed E-state index contributed by atoms with van der Waals surface area (Å²) < 4.78 is 45.1. The van der Waals surface area contributed by atoms with E-state index < -0.39 is 11.7 Å². The number of piperidine rings is 1. The van der Waals surface area contributed by atoms with Gasteiger partial charge < -0.3 is 19.9 Å². The van der Waals surface area contributed by atoms with E-state index in [9.17, 15) is 13.2 Å². The highest BCUT2D eigenvalue weighted by atomic mass is 19.4. The average Bonchev–Trinajstić information content (AvgIpc) is 2.75. The third-order valence-electron chi connectivity index (χ3n) is 5.18. The molecule has 2 aliphatic heterocycles. The van der Waals surface area contributed by atoms with Crippen molar-refractivity contribution in [2.24, 2.45) is 0 Å². The van der Waals surface area contributed by atoms with E-state index in [4.69, 9.17) is 4.74 Å². The van der Waals surface area contributed by atoms with Crippen LogP contribution in [-0.4, -0.2) is 60.4 Å². The topological polar surface area (TPSA) is 66.4 Å². The van der Waals surface area contributed by atoms with Crippen molar-refractivity contribution in [2.45, 2.75) is 25.1 Å². The van der Waals surface area contributed by atoms with Crippen LogP contribution in [0, 0.1) is 0 Å². The molecular weight excluding hydrogens is 385 g/mol. The Labute approximate surface area is 166 Å². The van der Waals surface area contributed by atoms with E-state index in [-0.39, 0.29) is 11.9 Å². The zero-order chi connectivity index (χ0) is 20.3. The van der Waals surface area contributed by atoms with Crippen molar-refractivity contribution in [2.75, 3.05) is 54.5 Å². The third-order valence-corrected chi connectivity index (χ3v) is 5.18. The lowest BCUT2D eigenvalue weighted by atomic mass is 10.0. The molecule has 0 amide bonds. The predicted molar refractivity (Wildman–Crippen MR) is 103 cm³/mol. The number of hydrogen-bond donors (Lipinski definition) is 1. The number of nitrogens with zero attached hydrogens (tertiary/aromatic N) is 5. The zero-order valence-electron chi connectivity index (χ0n) is 15.9. The minimum atomic E-state index is -4.41. The lowest BCUT2D eigenvalue weighted by Crippen LogP contribution is -2.40. The molecule has 0 atom stereocenters. The smallest absolute Gasteiger partial charge is 0.378 e. The Hall–Kier alpha value is -2.62. The third kappa shape index (κ3) is 4.69. The molecule has 10 heteroatoms. The standard InChI is InChI=1S/C19H23F3N6O/c20-19(21,22)15-2-1-6-23-17(15)27-8-4-14(5-9-27)25-16-3-7-24-18(26-16)28-10-12-29-13-11-28/h1-3,6-7,14H,4-5,8-13H2,(H,24,25,26). The Morgan fingerprint density at radius 1 is 0.966 bits per heavy atom. The number of ether oxygens (including phenoxy) is 1. The molecule has 0 unspecified atom stereocenters. The van der Waals surface area contributed by atoms with Crippen molar-refractivity contribution in [1.82, 2.24) is 15.0 Å². The van der Waals surface area contributed by atoms with Gasteiger partial charge in [0.2, 0.25) is 5.95 Å². The van der Waals surface area contributed by atoms with Crippen molar-refractivity contribution < 1.29 is 17.9 Å². The van der Waals surface area contributed by atoms with E-state index in [0.717, 1.165) is 25.0 Å². The van der Waals surface area contributed by atoms with E-state index in [0.29, 0.717) is 45.1 Å². The molecule has 1 N–H and O–H groups in total. The molecule has 2 fully saturated rings. The first-order chi connectivity index (χ1) is 14.0. The lowest BCUT2D eigenvalue weighted by Gasteiger charge is -2.34. The number of anilines is 3. The zero-order valence-corrected chi connectivity index (χ0v) is 15.9. The molecule has 0 saturated carbocycles. The number of halogens is 3. The van der Waals surface area contributed by atoms with Gasteiger partial charge in [-0.1, -0.05) is 0 Å². The fraction of sp³-hybridized carbons (Fsp3) is 0.526. The lowest BCUT2D eigenvalue weighted by molar-refractivity contribution is -0.137. The minimum absolute atomic E-state index is 0.00934. The first kappa shape index (κ1) is 19.7. The number of alkyl halides is 3. The second-order valence-electron chi connectivity index (χ2n) is 7.12. The van der Waals surface area contributed by atoms with Crippen LogP contribution in [0.1, 0.15) is 18.4 Å². The van der Waals surface area contributed by atoms with Gasteiger partial charge in [0.05, 0.1) is 18.8 Å². The summed E-state index contributed by atoms with van der Waals surface area (Å²) in [7, 11) is 0. The van der Waals surface area contributed by atoms with Crippen LogP contribution in [0.25, 0.3) is 0 Å². The van der Waals surface area contributed by atoms with Gasteiger partial charge in [-0.3, -0.25) is 0 Å². The first-order valence-electron chi connectivity index (χ1n) is 9.70. The maximum absolute atomic E-state index is 13.3. The van der Waals surface area contributed by atoms with Gasteiger partial charge >= 0.3 is 6.18 Å². The summed E-state index contributed by atoms with van der Waals surface area (Å²) in [5, 5.41) is 3.40. The number of hydrogen-bond acceptors (Lipinski definition) is 7.